The summed E-state index contributed by atoms with van der Waals surface area (Å²) in [5.74, 6) is 1.63. The van der Waals surface area contributed by atoms with Gasteiger partial charge in [0.15, 0.2) is 17.3 Å². The molecule has 5 nitrogen and oxygen atoms in total. The van der Waals surface area contributed by atoms with Crippen molar-refractivity contribution in [2.75, 3.05) is 26.4 Å². The van der Waals surface area contributed by atoms with Crippen molar-refractivity contribution in [2.24, 2.45) is 5.92 Å². The lowest BCUT2D eigenvalue weighted by molar-refractivity contribution is -0.0283. The molecule has 0 saturated carbocycles. The minimum atomic E-state index is -0.779. The highest BCUT2D eigenvalue weighted by Crippen LogP contribution is 2.39. The molecule has 5 rings (SSSR count). The smallest absolute Gasteiger partial charge is 0.231 e. The molecule has 1 N–H and O–H groups in total. The number of ketones is 1. The SMILES string of the molecule is O=C1c2cc3c(cc2CCC1CN1CCC(O)(c2ccc(Br)cc2)CC1)OCO3. The standard InChI is InChI=1S/C23H24BrNO4/c24-18-5-3-17(4-6-18)23(27)7-9-25(10-8-23)13-16-2-1-15-11-20-21(29-14-28-20)12-19(15)22(16)26/h3-6,11-12,16,27H,1-2,7-10,13-14H2. The van der Waals surface area contributed by atoms with E-state index in [2.05, 4.69) is 20.8 Å². The molecule has 0 spiro atoms. The van der Waals surface area contributed by atoms with Gasteiger partial charge in [0, 0.05) is 35.6 Å². The number of fused-ring (bicyclic) bond motifs is 2. The van der Waals surface area contributed by atoms with E-state index in [-0.39, 0.29) is 18.5 Å². The Kier molecular flexibility index (Phi) is 4.88. The fraction of sp³-hybridized carbons (Fsp3) is 0.435. The number of hydrogen-bond donors (Lipinski definition) is 1. The van der Waals surface area contributed by atoms with Crippen LogP contribution in [-0.4, -0.2) is 42.2 Å². The van der Waals surface area contributed by atoms with Gasteiger partial charge in [-0.15, -0.1) is 0 Å². The van der Waals surface area contributed by atoms with Gasteiger partial charge in [0.05, 0.1) is 5.60 Å². The van der Waals surface area contributed by atoms with Gasteiger partial charge in [-0.1, -0.05) is 28.1 Å². The highest BCUT2D eigenvalue weighted by Gasteiger charge is 2.36. The first kappa shape index (κ1) is 19.1. The van der Waals surface area contributed by atoms with Gasteiger partial charge in [0.2, 0.25) is 6.79 Å². The first-order valence-corrected chi connectivity index (χ1v) is 11.0. The van der Waals surface area contributed by atoms with E-state index in [0.717, 1.165) is 59.4 Å². The Morgan fingerprint density at radius 3 is 2.52 bits per heavy atom. The predicted molar refractivity (Wildman–Crippen MR) is 112 cm³/mol. The fourth-order valence-corrected chi connectivity index (χ4v) is 5.01. The molecule has 2 aromatic carbocycles. The zero-order valence-electron chi connectivity index (χ0n) is 16.2. The average molecular weight is 458 g/mol. The van der Waals surface area contributed by atoms with Crippen LogP contribution in [0.3, 0.4) is 0 Å². The van der Waals surface area contributed by atoms with Crippen LogP contribution in [0.15, 0.2) is 40.9 Å². The number of halogens is 1. The van der Waals surface area contributed by atoms with E-state index in [0.29, 0.717) is 18.6 Å². The molecule has 1 aliphatic carbocycles. The lowest BCUT2D eigenvalue weighted by Crippen LogP contribution is -2.45. The van der Waals surface area contributed by atoms with Gasteiger partial charge < -0.3 is 19.5 Å². The van der Waals surface area contributed by atoms with Crippen LogP contribution in [-0.2, 0) is 12.0 Å². The Morgan fingerprint density at radius 1 is 1.10 bits per heavy atom. The van der Waals surface area contributed by atoms with Crippen LogP contribution >= 0.6 is 15.9 Å². The second-order valence-electron chi connectivity index (χ2n) is 8.30. The summed E-state index contributed by atoms with van der Waals surface area (Å²) in [5, 5.41) is 11.1. The zero-order chi connectivity index (χ0) is 20.0. The maximum absolute atomic E-state index is 13.1. The molecule has 1 atom stereocenters. The average Bonchev–Trinajstić information content (AvgIpc) is 3.18. The molecule has 2 heterocycles. The fourth-order valence-electron chi connectivity index (χ4n) is 4.74. The number of nitrogens with zero attached hydrogens (tertiary/aromatic N) is 1. The predicted octanol–water partition coefficient (Wildman–Crippen LogP) is 3.91. The Bertz CT molecular complexity index is 935. The number of carbonyl (C=O) groups is 1. The normalized spacial score (nSPS) is 23.1. The summed E-state index contributed by atoms with van der Waals surface area (Å²) >= 11 is 3.45. The lowest BCUT2D eigenvalue weighted by atomic mass is 9.81. The number of likely N-dealkylation sites (tertiary alicyclic amines) is 1. The number of hydrogen-bond acceptors (Lipinski definition) is 5. The van der Waals surface area contributed by atoms with Crippen LogP contribution in [0.2, 0.25) is 0 Å². The van der Waals surface area contributed by atoms with Crippen LogP contribution in [0.5, 0.6) is 11.5 Å². The van der Waals surface area contributed by atoms with Gasteiger partial charge in [-0.25, -0.2) is 0 Å². The van der Waals surface area contributed by atoms with E-state index < -0.39 is 5.60 Å². The van der Waals surface area contributed by atoms with Crippen LogP contribution in [0.1, 0.15) is 40.7 Å². The maximum Gasteiger partial charge on any atom is 0.231 e. The molecule has 1 unspecified atom stereocenters. The van der Waals surface area contributed by atoms with Crippen molar-refractivity contribution in [1.29, 1.82) is 0 Å². The number of benzene rings is 2. The van der Waals surface area contributed by atoms with Crippen LogP contribution in [0, 0.1) is 5.92 Å². The van der Waals surface area contributed by atoms with Crippen LogP contribution < -0.4 is 9.47 Å². The van der Waals surface area contributed by atoms with Crippen molar-refractivity contribution in [3.8, 4) is 11.5 Å². The first-order chi connectivity index (χ1) is 14.0. The molecular formula is C23H24BrNO4. The summed E-state index contributed by atoms with van der Waals surface area (Å²) < 4.78 is 11.9. The molecule has 2 aromatic rings. The van der Waals surface area contributed by atoms with Gasteiger partial charge in [-0.2, -0.15) is 0 Å². The number of rotatable bonds is 3. The third-order valence-corrected chi connectivity index (χ3v) is 7.07. The monoisotopic (exact) mass is 457 g/mol. The van der Waals surface area contributed by atoms with E-state index >= 15 is 0 Å². The van der Waals surface area contributed by atoms with E-state index in [1.54, 1.807) is 0 Å². The number of carbonyl (C=O) groups excluding carboxylic acids is 1. The second-order valence-corrected chi connectivity index (χ2v) is 9.22. The first-order valence-electron chi connectivity index (χ1n) is 10.2. The van der Waals surface area contributed by atoms with Crippen molar-refractivity contribution in [1.82, 2.24) is 4.90 Å². The number of aryl methyl sites for hydroxylation is 1. The number of piperidine rings is 1. The molecular weight excluding hydrogens is 434 g/mol. The molecule has 29 heavy (non-hydrogen) atoms. The molecule has 6 heteroatoms. The zero-order valence-corrected chi connectivity index (χ0v) is 17.8. The summed E-state index contributed by atoms with van der Waals surface area (Å²) in [6.45, 7) is 2.57. The lowest BCUT2D eigenvalue weighted by Gasteiger charge is -2.40. The summed E-state index contributed by atoms with van der Waals surface area (Å²) in [6.07, 6.45) is 3.12. The summed E-state index contributed by atoms with van der Waals surface area (Å²) in [6, 6.07) is 11.8. The van der Waals surface area contributed by atoms with E-state index in [4.69, 9.17) is 9.47 Å². The Labute approximate surface area is 178 Å². The number of Topliss-reactive ketones (excluding diaryl/α,β-unsaturated/α-hetero) is 1. The minimum absolute atomic E-state index is 0.00162. The maximum atomic E-state index is 13.1. The Hall–Kier alpha value is -1.89. The van der Waals surface area contributed by atoms with Crippen LogP contribution in [0.4, 0.5) is 0 Å². The molecule has 1 saturated heterocycles. The van der Waals surface area contributed by atoms with Gasteiger partial charge in [-0.05, 0) is 61.1 Å². The van der Waals surface area contributed by atoms with Gasteiger partial charge in [0.1, 0.15) is 0 Å². The minimum Gasteiger partial charge on any atom is -0.454 e. The quantitative estimate of drug-likeness (QED) is 0.756. The van der Waals surface area contributed by atoms with E-state index in [1.165, 1.54) is 0 Å². The third kappa shape index (κ3) is 3.58. The largest absolute Gasteiger partial charge is 0.454 e. The Balaban J connectivity index is 1.24. The molecule has 0 aromatic heterocycles. The van der Waals surface area contributed by atoms with Gasteiger partial charge >= 0.3 is 0 Å². The van der Waals surface area contributed by atoms with Crippen molar-refractivity contribution in [3.05, 3.63) is 57.6 Å². The molecule has 2 aliphatic heterocycles. The summed E-state index contributed by atoms with van der Waals surface area (Å²) in [5.41, 5.74) is 2.05. The topological polar surface area (TPSA) is 59.0 Å². The van der Waals surface area contributed by atoms with E-state index in [1.807, 2.05) is 36.4 Å². The number of ether oxygens (including phenoxy) is 2. The highest BCUT2D eigenvalue weighted by atomic mass is 79.9. The number of aliphatic hydroxyl groups is 1. The van der Waals surface area contributed by atoms with Crippen molar-refractivity contribution >= 4 is 21.7 Å². The molecule has 0 radical (unpaired) electrons. The van der Waals surface area contributed by atoms with E-state index in [9.17, 15) is 9.90 Å². The third-order valence-electron chi connectivity index (χ3n) is 6.54. The summed E-state index contributed by atoms with van der Waals surface area (Å²) in [4.78, 5) is 15.4. The van der Waals surface area contributed by atoms with Gasteiger partial charge in [-0.3, -0.25) is 4.79 Å². The molecule has 0 amide bonds. The van der Waals surface area contributed by atoms with Gasteiger partial charge in [0.25, 0.3) is 0 Å². The highest BCUT2D eigenvalue weighted by molar-refractivity contribution is 9.10. The Morgan fingerprint density at radius 2 is 1.79 bits per heavy atom. The molecule has 0 bridgehead atoms. The molecule has 1 fully saturated rings. The van der Waals surface area contributed by atoms with Crippen LogP contribution in [0.25, 0.3) is 0 Å². The second kappa shape index (κ2) is 7.42. The van der Waals surface area contributed by atoms with Crippen molar-refractivity contribution in [3.63, 3.8) is 0 Å². The van der Waals surface area contributed by atoms with Crippen molar-refractivity contribution in [2.45, 2.75) is 31.3 Å². The van der Waals surface area contributed by atoms with Crippen molar-refractivity contribution < 1.29 is 19.4 Å². The molecule has 3 aliphatic rings. The molecule has 152 valence electrons. The summed E-state index contributed by atoms with van der Waals surface area (Å²) in [7, 11) is 0.